The first-order valence-corrected chi connectivity index (χ1v) is 7.48. The van der Waals surface area contributed by atoms with Gasteiger partial charge in [-0.25, -0.2) is 9.37 Å². The SMILES string of the molecule is Cc1nc(C)c(C(=O)NC2CC(C)(C)Oc3cc(F)ccc32)o1. The minimum Gasteiger partial charge on any atom is -0.487 e. The highest BCUT2D eigenvalue weighted by molar-refractivity contribution is 5.92. The first-order chi connectivity index (χ1) is 10.7. The number of halogens is 1. The van der Waals surface area contributed by atoms with Gasteiger partial charge in [0.25, 0.3) is 5.91 Å². The molecule has 1 aliphatic rings. The van der Waals surface area contributed by atoms with Crippen LogP contribution in [0.2, 0.25) is 0 Å². The minimum absolute atomic E-state index is 0.204. The van der Waals surface area contributed by atoms with E-state index < -0.39 is 5.60 Å². The van der Waals surface area contributed by atoms with Gasteiger partial charge in [-0.3, -0.25) is 4.79 Å². The smallest absolute Gasteiger partial charge is 0.289 e. The summed E-state index contributed by atoms with van der Waals surface area (Å²) in [5.41, 5.74) is 0.795. The van der Waals surface area contributed by atoms with Crippen molar-refractivity contribution in [2.45, 2.75) is 45.8 Å². The molecule has 1 atom stereocenters. The Labute approximate surface area is 133 Å². The molecule has 0 spiro atoms. The molecule has 122 valence electrons. The molecule has 1 amide bonds. The summed E-state index contributed by atoms with van der Waals surface area (Å²) in [5, 5.41) is 2.95. The number of rotatable bonds is 2. The molecule has 3 rings (SSSR count). The molecule has 1 unspecified atom stereocenters. The molecule has 0 fully saturated rings. The maximum atomic E-state index is 13.5. The number of hydrogen-bond donors (Lipinski definition) is 1. The quantitative estimate of drug-likeness (QED) is 0.921. The topological polar surface area (TPSA) is 64.4 Å². The second-order valence-corrected chi connectivity index (χ2v) is 6.42. The van der Waals surface area contributed by atoms with Crippen LogP contribution in [-0.2, 0) is 0 Å². The average Bonchev–Trinajstić information content (AvgIpc) is 2.75. The van der Waals surface area contributed by atoms with Crippen LogP contribution in [0.25, 0.3) is 0 Å². The molecule has 23 heavy (non-hydrogen) atoms. The first kappa shape index (κ1) is 15.5. The summed E-state index contributed by atoms with van der Waals surface area (Å²) in [4.78, 5) is 16.6. The summed E-state index contributed by atoms with van der Waals surface area (Å²) in [5.74, 6) is 0.407. The van der Waals surface area contributed by atoms with Crippen LogP contribution in [0.3, 0.4) is 0 Å². The monoisotopic (exact) mass is 318 g/mol. The van der Waals surface area contributed by atoms with Crippen molar-refractivity contribution in [3.63, 3.8) is 0 Å². The Morgan fingerprint density at radius 1 is 1.39 bits per heavy atom. The molecule has 1 aromatic carbocycles. The summed E-state index contributed by atoms with van der Waals surface area (Å²) < 4.78 is 24.6. The van der Waals surface area contributed by atoms with Crippen molar-refractivity contribution < 1.29 is 18.3 Å². The van der Waals surface area contributed by atoms with Gasteiger partial charge in [0.15, 0.2) is 5.89 Å². The van der Waals surface area contributed by atoms with E-state index >= 15 is 0 Å². The lowest BCUT2D eigenvalue weighted by molar-refractivity contribution is 0.0607. The lowest BCUT2D eigenvalue weighted by atomic mass is 9.89. The van der Waals surface area contributed by atoms with Crippen LogP contribution in [0.15, 0.2) is 22.6 Å². The number of carbonyl (C=O) groups is 1. The fourth-order valence-electron chi connectivity index (χ4n) is 2.92. The largest absolute Gasteiger partial charge is 0.487 e. The molecule has 6 heteroatoms. The van der Waals surface area contributed by atoms with Gasteiger partial charge in [0.05, 0.1) is 11.7 Å². The molecule has 0 radical (unpaired) electrons. The van der Waals surface area contributed by atoms with Gasteiger partial charge in [-0.05, 0) is 26.8 Å². The van der Waals surface area contributed by atoms with Crippen LogP contribution in [0.1, 0.15) is 54.0 Å². The predicted molar refractivity (Wildman–Crippen MR) is 81.9 cm³/mol. The highest BCUT2D eigenvalue weighted by Crippen LogP contribution is 2.39. The van der Waals surface area contributed by atoms with E-state index in [0.717, 1.165) is 5.56 Å². The van der Waals surface area contributed by atoms with Crippen molar-refractivity contribution in [2.75, 3.05) is 0 Å². The number of nitrogens with zero attached hydrogens (tertiary/aromatic N) is 1. The Morgan fingerprint density at radius 3 is 2.78 bits per heavy atom. The van der Waals surface area contributed by atoms with Crippen molar-refractivity contribution in [2.24, 2.45) is 0 Å². The highest BCUT2D eigenvalue weighted by atomic mass is 19.1. The molecule has 2 aromatic rings. The third kappa shape index (κ3) is 3.06. The highest BCUT2D eigenvalue weighted by Gasteiger charge is 2.35. The standard InChI is InChI=1S/C17H19FN2O3/c1-9-15(22-10(2)19-9)16(21)20-13-8-17(3,4)23-14-7-11(18)5-6-12(13)14/h5-7,13H,8H2,1-4H3,(H,20,21). The van der Waals surface area contributed by atoms with Gasteiger partial charge in [-0.1, -0.05) is 6.07 Å². The van der Waals surface area contributed by atoms with Crippen LogP contribution < -0.4 is 10.1 Å². The Morgan fingerprint density at radius 2 is 2.13 bits per heavy atom. The zero-order chi connectivity index (χ0) is 16.8. The summed E-state index contributed by atoms with van der Waals surface area (Å²) in [7, 11) is 0. The number of ether oxygens (including phenoxy) is 1. The molecule has 2 heterocycles. The zero-order valence-corrected chi connectivity index (χ0v) is 13.6. The van der Waals surface area contributed by atoms with Crippen LogP contribution >= 0.6 is 0 Å². The number of oxazole rings is 1. The number of aryl methyl sites for hydroxylation is 2. The number of benzene rings is 1. The first-order valence-electron chi connectivity index (χ1n) is 7.48. The van der Waals surface area contributed by atoms with E-state index in [1.54, 1.807) is 19.9 Å². The molecule has 0 saturated carbocycles. The van der Waals surface area contributed by atoms with E-state index in [2.05, 4.69) is 10.3 Å². The van der Waals surface area contributed by atoms with Gasteiger partial charge < -0.3 is 14.5 Å². The van der Waals surface area contributed by atoms with Crippen molar-refractivity contribution in [1.29, 1.82) is 0 Å². The van der Waals surface area contributed by atoms with Gasteiger partial charge in [0, 0.05) is 25.0 Å². The van der Waals surface area contributed by atoms with E-state index in [-0.39, 0.29) is 23.5 Å². The lowest BCUT2D eigenvalue weighted by Gasteiger charge is -2.37. The van der Waals surface area contributed by atoms with Crippen molar-refractivity contribution in [1.82, 2.24) is 10.3 Å². The fourth-order valence-corrected chi connectivity index (χ4v) is 2.92. The molecule has 0 saturated heterocycles. The zero-order valence-electron chi connectivity index (χ0n) is 13.6. The number of nitrogens with one attached hydrogen (secondary N) is 1. The number of carbonyl (C=O) groups excluding carboxylic acids is 1. The predicted octanol–water partition coefficient (Wildman–Crippen LogP) is 3.46. The molecular weight excluding hydrogens is 299 g/mol. The van der Waals surface area contributed by atoms with Crippen molar-refractivity contribution in [3.05, 3.63) is 46.9 Å². The molecular formula is C17H19FN2O3. The van der Waals surface area contributed by atoms with Crippen LogP contribution in [0.4, 0.5) is 4.39 Å². The van der Waals surface area contributed by atoms with E-state index in [1.807, 2.05) is 13.8 Å². The van der Waals surface area contributed by atoms with E-state index in [9.17, 15) is 9.18 Å². The Bertz CT molecular complexity index is 767. The fraction of sp³-hybridized carbons (Fsp3) is 0.412. The van der Waals surface area contributed by atoms with E-state index in [4.69, 9.17) is 9.15 Å². The van der Waals surface area contributed by atoms with E-state index in [0.29, 0.717) is 23.8 Å². The third-order valence-corrected chi connectivity index (χ3v) is 3.85. The van der Waals surface area contributed by atoms with E-state index in [1.165, 1.54) is 12.1 Å². The van der Waals surface area contributed by atoms with Crippen LogP contribution in [0.5, 0.6) is 5.75 Å². The van der Waals surface area contributed by atoms with Crippen molar-refractivity contribution >= 4 is 5.91 Å². The maximum absolute atomic E-state index is 13.5. The maximum Gasteiger partial charge on any atom is 0.289 e. The summed E-state index contributed by atoms with van der Waals surface area (Å²) in [6.07, 6.45) is 0.573. The second kappa shape index (κ2) is 5.37. The molecule has 1 N–H and O–H groups in total. The summed E-state index contributed by atoms with van der Waals surface area (Å²) in [6, 6.07) is 4.07. The number of aromatic nitrogens is 1. The number of hydrogen-bond acceptors (Lipinski definition) is 4. The Balaban J connectivity index is 1.91. The molecule has 0 bridgehead atoms. The Kier molecular flexibility index (Phi) is 3.62. The van der Waals surface area contributed by atoms with Crippen LogP contribution in [-0.4, -0.2) is 16.5 Å². The van der Waals surface area contributed by atoms with Gasteiger partial charge in [0.2, 0.25) is 5.76 Å². The number of amides is 1. The Hall–Kier alpha value is -2.37. The number of fused-ring (bicyclic) bond motifs is 1. The summed E-state index contributed by atoms with van der Waals surface area (Å²) in [6.45, 7) is 7.23. The van der Waals surface area contributed by atoms with Crippen LogP contribution in [0, 0.1) is 19.7 Å². The lowest BCUT2D eigenvalue weighted by Crippen LogP contribution is -2.41. The van der Waals surface area contributed by atoms with Gasteiger partial charge in [0.1, 0.15) is 17.2 Å². The molecule has 5 nitrogen and oxygen atoms in total. The van der Waals surface area contributed by atoms with Gasteiger partial charge in [-0.15, -0.1) is 0 Å². The van der Waals surface area contributed by atoms with Crippen molar-refractivity contribution in [3.8, 4) is 5.75 Å². The normalized spacial score (nSPS) is 18.9. The second-order valence-electron chi connectivity index (χ2n) is 6.42. The van der Waals surface area contributed by atoms with Gasteiger partial charge >= 0.3 is 0 Å². The average molecular weight is 318 g/mol. The summed E-state index contributed by atoms with van der Waals surface area (Å²) >= 11 is 0. The molecule has 0 aliphatic carbocycles. The molecule has 1 aromatic heterocycles. The molecule has 1 aliphatic heterocycles. The minimum atomic E-state index is -0.509. The van der Waals surface area contributed by atoms with Gasteiger partial charge in [-0.2, -0.15) is 0 Å². The third-order valence-electron chi connectivity index (χ3n) is 3.85.